The lowest BCUT2D eigenvalue weighted by atomic mass is 10.0. The van der Waals surface area contributed by atoms with E-state index in [1.54, 1.807) is 7.11 Å². The van der Waals surface area contributed by atoms with Gasteiger partial charge in [0.25, 0.3) is 5.91 Å². The van der Waals surface area contributed by atoms with E-state index in [-0.39, 0.29) is 11.9 Å². The van der Waals surface area contributed by atoms with Crippen LogP contribution in [0, 0.1) is 13.8 Å². The van der Waals surface area contributed by atoms with Crippen LogP contribution in [0.2, 0.25) is 0 Å². The van der Waals surface area contributed by atoms with E-state index in [0.717, 1.165) is 41.1 Å². The Morgan fingerprint density at radius 2 is 1.72 bits per heavy atom. The lowest BCUT2D eigenvalue weighted by Gasteiger charge is -2.17. The lowest BCUT2D eigenvalue weighted by molar-refractivity contribution is -0.682. The third-order valence-electron chi connectivity index (χ3n) is 5.09. The molecule has 0 bridgehead atoms. The molecule has 0 saturated heterocycles. The molecule has 4 nitrogen and oxygen atoms in total. The first-order valence-electron chi connectivity index (χ1n) is 9.96. The first-order chi connectivity index (χ1) is 14.1. The topological polar surface area (TPSA) is 54.9 Å². The summed E-state index contributed by atoms with van der Waals surface area (Å²) in [5.41, 5.74) is 5.30. The fourth-order valence-electron chi connectivity index (χ4n) is 3.34. The molecule has 0 aliphatic carbocycles. The predicted molar refractivity (Wildman–Crippen MR) is 117 cm³/mol. The van der Waals surface area contributed by atoms with E-state index in [1.807, 2.05) is 68.4 Å². The van der Waals surface area contributed by atoms with Gasteiger partial charge in [-0.25, -0.2) is 0 Å². The van der Waals surface area contributed by atoms with Crippen LogP contribution in [0.25, 0.3) is 0 Å². The van der Waals surface area contributed by atoms with Gasteiger partial charge < -0.3 is 15.4 Å². The molecule has 0 fully saturated rings. The monoisotopic (exact) mass is 389 g/mol. The maximum absolute atomic E-state index is 13.1. The Morgan fingerprint density at radius 1 is 1.00 bits per heavy atom. The minimum atomic E-state index is -0.297. The van der Waals surface area contributed by atoms with Crippen LogP contribution < -0.4 is 15.4 Å². The second-order valence-corrected chi connectivity index (χ2v) is 7.32. The van der Waals surface area contributed by atoms with E-state index >= 15 is 0 Å². The number of hydrogen-bond donors (Lipinski definition) is 2. The van der Waals surface area contributed by atoms with Gasteiger partial charge in [0, 0.05) is 17.7 Å². The van der Waals surface area contributed by atoms with Crippen molar-refractivity contribution in [3.8, 4) is 5.75 Å². The van der Waals surface area contributed by atoms with Crippen molar-refractivity contribution in [3.05, 3.63) is 95.1 Å². The Hall–Kier alpha value is -3.11. The molecule has 1 amide bonds. The Bertz CT molecular complexity index is 937. The van der Waals surface area contributed by atoms with Crippen molar-refractivity contribution >= 4 is 11.6 Å². The summed E-state index contributed by atoms with van der Waals surface area (Å²) in [5, 5.41) is 5.24. The molecule has 3 N–H and O–H groups in total. The van der Waals surface area contributed by atoms with Crippen LogP contribution in [0.1, 0.15) is 28.3 Å². The van der Waals surface area contributed by atoms with Crippen LogP contribution in [-0.4, -0.2) is 19.6 Å². The average molecular weight is 390 g/mol. The molecule has 0 aromatic heterocycles. The molecule has 0 spiro atoms. The van der Waals surface area contributed by atoms with Gasteiger partial charge in [-0.2, -0.15) is 0 Å². The van der Waals surface area contributed by atoms with E-state index in [2.05, 4.69) is 28.8 Å². The smallest absolute Gasteiger partial charge is 0.287 e. The highest BCUT2D eigenvalue weighted by Crippen LogP contribution is 2.19. The highest BCUT2D eigenvalue weighted by atomic mass is 16.5. The maximum Gasteiger partial charge on any atom is 0.287 e. The third-order valence-corrected chi connectivity index (χ3v) is 5.09. The van der Waals surface area contributed by atoms with Gasteiger partial charge in [0.15, 0.2) is 6.04 Å². The molecular weight excluding hydrogens is 360 g/mol. The second kappa shape index (κ2) is 9.89. The number of nitrogens with one attached hydrogen (secondary N) is 1. The number of carbonyl (C=O) groups excluding carboxylic acids is 1. The van der Waals surface area contributed by atoms with Crippen molar-refractivity contribution in [2.24, 2.45) is 0 Å². The number of amides is 1. The molecule has 0 aliphatic rings. The Balaban J connectivity index is 1.70. The zero-order chi connectivity index (χ0) is 20.6. The van der Waals surface area contributed by atoms with Crippen molar-refractivity contribution in [3.63, 3.8) is 0 Å². The SMILES string of the molecule is COc1ccc(CC[NH2+][C@@H](C(=O)Nc2cc(C)ccc2C)c2ccccc2)cc1. The summed E-state index contributed by atoms with van der Waals surface area (Å²) in [4.78, 5) is 13.1. The number of carbonyl (C=O) groups is 1. The summed E-state index contributed by atoms with van der Waals surface area (Å²) in [5.74, 6) is 0.854. The van der Waals surface area contributed by atoms with Crippen molar-refractivity contribution < 1.29 is 14.8 Å². The normalized spacial score (nSPS) is 11.7. The van der Waals surface area contributed by atoms with Crippen molar-refractivity contribution in [1.29, 1.82) is 0 Å². The summed E-state index contributed by atoms with van der Waals surface area (Å²) in [7, 11) is 1.67. The van der Waals surface area contributed by atoms with Crippen LogP contribution in [0.5, 0.6) is 5.75 Å². The van der Waals surface area contributed by atoms with E-state index < -0.39 is 0 Å². The largest absolute Gasteiger partial charge is 0.497 e. The molecule has 3 aromatic rings. The fraction of sp³-hybridized carbons (Fsp3) is 0.240. The Kier molecular flexibility index (Phi) is 7.04. The number of hydrogen-bond acceptors (Lipinski definition) is 2. The number of quaternary nitrogens is 1. The van der Waals surface area contributed by atoms with Crippen LogP contribution in [0.15, 0.2) is 72.8 Å². The predicted octanol–water partition coefficient (Wildman–Crippen LogP) is 3.80. The molecule has 1 atom stereocenters. The van der Waals surface area contributed by atoms with Crippen LogP contribution in [-0.2, 0) is 11.2 Å². The van der Waals surface area contributed by atoms with Gasteiger partial charge in [0.05, 0.1) is 13.7 Å². The van der Waals surface area contributed by atoms with Gasteiger partial charge in [0.1, 0.15) is 5.75 Å². The molecular formula is C25H29N2O2+. The number of ether oxygens (including phenoxy) is 1. The molecule has 0 saturated carbocycles. The van der Waals surface area contributed by atoms with Gasteiger partial charge in [-0.3, -0.25) is 4.79 Å². The van der Waals surface area contributed by atoms with E-state index in [4.69, 9.17) is 4.74 Å². The number of methoxy groups -OCH3 is 1. The zero-order valence-electron chi connectivity index (χ0n) is 17.3. The summed E-state index contributed by atoms with van der Waals surface area (Å²) < 4.78 is 5.22. The van der Waals surface area contributed by atoms with E-state index in [0.29, 0.717) is 0 Å². The third kappa shape index (κ3) is 5.69. The van der Waals surface area contributed by atoms with Gasteiger partial charge >= 0.3 is 0 Å². The summed E-state index contributed by atoms with van der Waals surface area (Å²) in [6.07, 6.45) is 0.879. The minimum absolute atomic E-state index is 0.000342. The molecule has 4 heteroatoms. The first-order valence-corrected chi connectivity index (χ1v) is 9.96. The number of anilines is 1. The summed E-state index contributed by atoms with van der Waals surface area (Å²) >= 11 is 0. The van der Waals surface area contributed by atoms with Crippen molar-refractivity contribution in [2.45, 2.75) is 26.3 Å². The molecule has 3 rings (SSSR count). The highest BCUT2D eigenvalue weighted by Gasteiger charge is 2.24. The van der Waals surface area contributed by atoms with Crippen LogP contribution in [0.3, 0.4) is 0 Å². The van der Waals surface area contributed by atoms with Crippen LogP contribution in [0.4, 0.5) is 5.69 Å². The van der Waals surface area contributed by atoms with Gasteiger partial charge in [-0.05, 0) is 48.7 Å². The summed E-state index contributed by atoms with van der Waals surface area (Å²) in [6, 6.07) is 23.8. The molecule has 0 unspecified atom stereocenters. The maximum atomic E-state index is 13.1. The molecule has 150 valence electrons. The molecule has 3 aromatic carbocycles. The van der Waals surface area contributed by atoms with Crippen molar-refractivity contribution in [2.75, 3.05) is 19.0 Å². The number of benzene rings is 3. The van der Waals surface area contributed by atoms with E-state index in [1.165, 1.54) is 5.56 Å². The number of rotatable bonds is 8. The fourth-order valence-corrected chi connectivity index (χ4v) is 3.34. The average Bonchev–Trinajstić information content (AvgIpc) is 2.75. The quantitative estimate of drug-likeness (QED) is 0.616. The van der Waals surface area contributed by atoms with E-state index in [9.17, 15) is 4.79 Å². The standard InChI is InChI=1S/C25H28N2O2/c1-18-9-10-19(2)23(17-18)27-25(28)24(21-7-5-4-6-8-21)26-16-15-20-11-13-22(29-3)14-12-20/h4-14,17,24,26H,15-16H2,1-3H3,(H,27,28)/p+1/t24-/m1/s1. The minimum Gasteiger partial charge on any atom is -0.497 e. The number of aryl methyl sites for hydroxylation is 2. The first kappa shape index (κ1) is 20.6. The molecule has 0 radical (unpaired) electrons. The Labute approximate surface area is 172 Å². The highest BCUT2D eigenvalue weighted by molar-refractivity contribution is 5.95. The van der Waals surface area contributed by atoms with Gasteiger partial charge in [-0.15, -0.1) is 0 Å². The van der Waals surface area contributed by atoms with Gasteiger partial charge in [-0.1, -0.05) is 54.6 Å². The molecule has 29 heavy (non-hydrogen) atoms. The van der Waals surface area contributed by atoms with Crippen molar-refractivity contribution in [1.82, 2.24) is 0 Å². The molecule has 0 heterocycles. The number of nitrogens with two attached hydrogens (primary N) is 1. The second-order valence-electron chi connectivity index (χ2n) is 7.32. The molecule has 0 aliphatic heterocycles. The van der Waals surface area contributed by atoms with Gasteiger partial charge in [0.2, 0.25) is 0 Å². The lowest BCUT2D eigenvalue weighted by Crippen LogP contribution is -2.87. The zero-order valence-corrected chi connectivity index (χ0v) is 17.3. The summed E-state index contributed by atoms with van der Waals surface area (Å²) in [6.45, 7) is 4.86. The van der Waals surface area contributed by atoms with Crippen LogP contribution >= 0.6 is 0 Å². The Morgan fingerprint density at radius 3 is 2.41 bits per heavy atom.